The van der Waals surface area contributed by atoms with Gasteiger partial charge in [0.05, 0.1) is 13.2 Å². The van der Waals surface area contributed by atoms with Gasteiger partial charge in [0.15, 0.2) is 0 Å². The lowest BCUT2D eigenvalue weighted by Crippen LogP contribution is -1.99. The van der Waals surface area contributed by atoms with Gasteiger partial charge in [-0.05, 0) is 35.7 Å². The van der Waals surface area contributed by atoms with Crippen molar-refractivity contribution in [1.82, 2.24) is 0 Å². The molecule has 0 aliphatic rings. The summed E-state index contributed by atoms with van der Waals surface area (Å²) in [5.74, 6) is 0. The Morgan fingerprint density at radius 2 is 1.72 bits per heavy atom. The number of benzene rings is 2. The summed E-state index contributed by atoms with van der Waals surface area (Å²) in [4.78, 5) is 0. The number of rotatable bonds is 5. The van der Waals surface area contributed by atoms with E-state index in [-0.39, 0.29) is 0 Å². The van der Waals surface area contributed by atoms with Crippen molar-refractivity contribution in [1.29, 1.82) is 0 Å². The van der Waals surface area contributed by atoms with Gasteiger partial charge in [0.2, 0.25) is 0 Å². The first-order chi connectivity index (χ1) is 8.75. The number of nitrogen functional groups attached to an aromatic ring is 1. The van der Waals surface area contributed by atoms with Crippen LogP contribution in [0.3, 0.4) is 0 Å². The number of ether oxygens (including phenoxy) is 1. The zero-order valence-corrected chi connectivity index (χ0v) is 11.7. The molecule has 2 nitrogen and oxygen atoms in total. The molecule has 0 atom stereocenters. The van der Waals surface area contributed by atoms with Crippen molar-refractivity contribution in [3.8, 4) is 0 Å². The molecular formula is C15H16BrNO. The molecule has 0 spiro atoms. The minimum Gasteiger partial charge on any atom is -0.399 e. The molecule has 0 fully saturated rings. The molecule has 2 aromatic carbocycles. The summed E-state index contributed by atoms with van der Waals surface area (Å²) in [6.07, 6.45) is 0.907. The van der Waals surface area contributed by atoms with E-state index < -0.39 is 0 Å². The Morgan fingerprint density at radius 3 is 2.44 bits per heavy atom. The van der Waals surface area contributed by atoms with Gasteiger partial charge >= 0.3 is 0 Å². The molecule has 0 saturated heterocycles. The van der Waals surface area contributed by atoms with Crippen LogP contribution in [0.2, 0.25) is 0 Å². The lowest BCUT2D eigenvalue weighted by Gasteiger charge is -2.06. The molecule has 2 N–H and O–H groups in total. The first kappa shape index (κ1) is 13.1. The predicted molar refractivity (Wildman–Crippen MR) is 78.4 cm³/mol. The number of hydrogen-bond donors (Lipinski definition) is 1. The maximum atomic E-state index is 5.67. The largest absolute Gasteiger partial charge is 0.399 e. The van der Waals surface area contributed by atoms with Crippen LogP contribution >= 0.6 is 15.9 Å². The Hall–Kier alpha value is -1.32. The molecular weight excluding hydrogens is 290 g/mol. The molecule has 0 aromatic heterocycles. The topological polar surface area (TPSA) is 35.2 Å². The lowest BCUT2D eigenvalue weighted by atomic mass is 10.1. The van der Waals surface area contributed by atoms with Crippen molar-refractivity contribution in [2.24, 2.45) is 0 Å². The molecule has 0 unspecified atom stereocenters. The third kappa shape index (κ3) is 3.86. The van der Waals surface area contributed by atoms with Crippen LogP contribution in [0.1, 0.15) is 11.1 Å². The smallest absolute Gasteiger partial charge is 0.0727 e. The van der Waals surface area contributed by atoms with Gasteiger partial charge in [-0.2, -0.15) is 0 Å². The second-order valence-corrected chi connectivity index (χ2v) is 4.99. The molecule has 0 bridgehead atoms. The monoisotopic (exact) mass is 305 g/mol. The van der Waals surface area contributed by atoms with Crippen molar-refractivity contribution < 1.29 is 4.74 Å². The second kappa shape index (κ2) is 6.57. The molecule has 0 aliphatic heterocycles. The Labute approximate surface area is 116 Å². The predicted octanol–water partition coefficient (Wildman–Crippen LogP) is 3.79. The SMILES string of the molecule is Nc1ccc(CCOCc2ccccc2Br)cc1. The second-order valence-electron chi connectivity index (χ2n) is 4.14. The van der Waals surface area contributed by atoms with Crippen LogP contribution in [-0.4, -0.2) is 6.61 Å². The molecule has 0 amide bonds. The highest BCUT2D eigenvalue weighted by Gasteiger charge is 1.98. The summed E-state index contributed by atoms with van der Waals surface area (Å²) in [6, 6.07) is 16.0. The minimum absolute atomic E-state index is 0.635. The third-order valence-electron chi connectivity index (χ3n) is 2.73. The van der Waals surface area contributed by atoms with E-state index in [4.69, 9.17) is 10.5 Å². The van der Waals surface area contributed by atoms with Gasteiger partial charge in [-0.3, -0.25) is 0 Å². The van der Waals surface area contributed by atoms with Gasteiger partial charge in [0.25, 0.3) is 0 Å². The standard InChI is InChI=1S/C15H16BrNO/c16-15-4-2-1-3-13(15)11-18-10-9-12-5-7-14(17)8-6-12/h1-8H,9-11,17H2. The highest BCUT2D eigenvalue weighted by molar-refractivity contribution is 9.10. The van der Waals surface area contributed by atoms with E-state index in [0.717, 1.165) is 16.6 Å². The zero-order valence-electron chi connectivity index (χ0n) is 10.1. The number of anilines is 1. The Morgan fingerprint density at radius 1 is 1.00 bits per heavy atom. The zero-order chi connectivity index (χ0) is 12.8. The van der Waals surface area contributed by atoms with Crippen LogP contribution in [0.25, 0.3) is 0 Å². The molecule has 3 heteroatoms. The van der Waals surface area contributed by atoms with E-state index in [1.807, 2.05) is 42.5 Å². The normalized spacial score (nSPS) is 10.5. The van der Waals surface area contributed by atoms with E-state index in [1.165, 1.54) is 11.1 Å². The maximum absolute atomic E-state index is 5.67. The minimum atomic E-state index is 0.635. The Kier molecular flexibility index (Phi) is 4.79. The average molecular weight is 306 g/mol. The van der Waals surface area contributed by atoms with Crippen LogP contribution in [0.5, 0.6) is 0 Å². The molecule has 0 saturated carbocycles. The van der Waals surface area contributed by atoms with Gasteiger partial charge in [-0.15, -0.1) is 0 Å². The average Bonchev–Trinajstić information content (AvgIpc) is 2.39. The van der Waals surface area contributed by atoms with Crippen molar-refractivity contribution in [2.45, 2.75) is 13.0 Å². The van der Waals surface area contributed by atoms with Crippen LogP contribution in [0.15, 0.2) is 53.0 Å². The molecule has 2 aromatic rings. The summed E-state index contributed by atoms with van der Waals surface area (Å²) in [7, 11) is 0. The summed E-state index contributed by atoms with van der Waals surface area (Å²) in [5.41, 5.74) is 8.86. The van der Waals surface area contributed by atoms with Gasteiger partial charge < -0.3 is 10.5 Å². The van der Waals surface area contributed by atoms with E-state index in [2.05, 4.69) is 22.0 Å². The Balaban J connectivity index is 1.76. The van der Waals surface area contributed by atoms with Crippen molar-refractivity contribution in [2.75, 3.05) is 12.3 Å². The van der Waals surface area contributed by atoms with Gasteiger partial charge in [0, 0.05) is 10.2 Å². The number of nitrogens with two attached hydrogens (primary N) is 1. The molecule has 18 heavy (non-hydrogen) atoms. The van der Waals surface area contributed by atoms with Crippen LogP contribution < -0.4 is 5.73 Å². The molecule has 2 rings (SSSR count). The fourth-order valence-corrected chi connectivity index (χ4v) is 2.07. The number of hydrogen-bond acceptors (Lipinski definition) is 2. The first-order valence-electron chi connectivity index (χ1n) is 5.91. The molecule has 94 valence electrons. The highest BCUT2D eigenvalue weighted by Crippen LogP contribution is 2.16. The van der Waals surface area contributed by atoms with E-state index in [1.54, 1.807) is 0 Å². The van der Waals surface area contributed by atoms with Crippen molar-refractivity contribution >= 4 is 21.6 Å². The quantitative estimate of drug-likeness (QED) is 0.674. The summed E-state index contributed by atoms with van der Waals surface area (Å²) < 4.78 is 6.77. The Bertz CT molecular complexity index is 496. The van der Waals surface area contributed by atoms with E-state index in [0.29, 0.717) is 13.2 Å². The van der Waals surface area contributed by atoms with Crippen molar-refractivity contribution in [3.05, 3.63) is 64.1 Å². The van der Waals surface area contributed by atoms with Crippen LogP contribution in [-0.2, 0) is 17.8 Å². The fourth-order valence-electron chi connectivity index (χ4n) is 1.67. The summed E-state index contributed by atoms with van der Waals surface area (Å²) in [6.45, 7) is 1.35. The van der Waals surface area contributed by atoms with Gasteiger partial charge in [-0.1, -0.05) is 46.3 Å². The summed E-state index contributed by atoms with van der Waals surface area (Å²) >= 11 is 3.51. The first-order valence-corrected chi connectivity index (χ1v) is 6.70. The van der Waals surface area contributed by atoms with E-state index in [9.17, 15) is 0 Å². The molecule has 0 radical (unpaired) electrons. The van der Waals surface area contributed by atoms with Crippen LogP contribution in [0.4, 0.5) is 5.69 Å². The van der Waals surface area contributed by atoms with E-state index >= 15 is 0 Å². The summed E-state index contributed by atoms with van der Waals surface area (Å²) in [5, 5.41) is 0. The highest BCUT2D eigenvalue weighted by atomic mass is 79.9. The number of halogens is 1. The fraction of sp³-hybridized carbons (Fsp3) is 0.200. The van der Waals surface area contributed by atoms with Gasteiger partial charge in [0.1, 0.15) is 0 Å². The molecule has 0 heterocycles. The maximum Gasteiger partial charge on any atom is 0.0727 e. The van der Waals surface area contributed by atoms with Gasteiger partial charge in [-0.25, -0.2) is 0 Å². The third-order valence-corrected chi connectivity index (χ3v) is 3.50. The van der Waals surface area contributed by atoms with Crippen molar-refractivity contribution in [3.63, 3.8) is 0 Å². The lowest BCUT2D eigenvalue weighted by molar-refractivity contribution is 0.123. The van der Waals surface area contributed by atoms with Crippen LogP contribution in [0, 0.1) is 0 Å². The molecule has 0 aliphatic carbocycles.